The summed E-state index contributed by atoms with van der Waals surface area (Å²) < 4.78 is 44.0. The standard InChI is InChI=1S/C16H13F3O2/c17-16(18,19)14-10-13(11-20)6-7-15(14)21-9-8-12-4-2-1-3-5-12/h1-7,10-11H,8-9H2. The van der Waals surface area contributed by atoms with Crippen molar-refractivity contribution < 1.29 is 22.7 Å². The van der Waals surface area contributed by atoms with Crippen LogP contribution in [0.1, 0.15) is 21.5 Å². The molecule has 0 bridgehead atoms. The van der Waals surface area contributed by atoms with Crippen molar-refractivity contribution in [2.24, 2.45) is 0 Å². The average molecular weight is 294 g/mol. The van der Waals surface area contributed by atoms with Gasteiger partial charge >= 0.3 is 6.18 Å². The van der Waals surface area contributed by atoms with Crippen molar-refractivity contribution >= 4 is 6.29 Å². The van der Waals surface area contributed by atoms with E-state index in [9.17, 15) is 18.0 Å². The molecule has 2 rings (SSSR count). The van der Waals surface area contributed by atoms with Gasteiger partial charge in [-0.15, -0.1) is 0 Å². The second-order valence-corrected chi connectivity index (χ2v) is 4.46. The number of hydrogen-bond acceptors (Lipinski definition) is 2. The van der Waals surface area contributed by atoms with Crippen LogP contribution >= 0.6 is 0 Å². The highest BCUT2D eigenvalue weighted by molar-refractivity contribution is 5.75. The number of carbonyl (C=O) groups is 1. The van der Waals surface area contributed by atoms with Gasteiger partial charge in [-0.2, -0.15) is 13.2 Å². The molecule has 0 fully saturated rings. The summed E-state index contributed by atoms with van der Waals surface area (Å²) in [6.07, 6.45) is -3.67. The van der Waals surface area contributed by atoms with E-state index < -0.39 is 11.7 Å². The highest BCUT2D eigenvalue weighted by atomic mass is 19.4. The average Bonchev–Trinajstić information content (AvgIpc) is 2.47. The zero-order chi connectivity index (χ0) is 15.3. The zero-order valence-corrected chi connectivity index (χ0v) is 11.1. The maximum absolute atomic E-state index is 12.9. The number of hydrogen-bond donors (Lipinski definition) is 0. The van der Waals surface area contributed by atoms with Gasteiger partial charge in [-0.1, -0.05) is 30.3 Å². The molecular formula is C16H13F3O2. The van der Waals surface area contributed by atoms with Gasteiger partial charge < -0.3 is 4.74 Å². The summed E-state index contributed by atoms with van der Waals surface area (Å²) in [7, 11) is 0. The second kappa shape index (κ2) is 6.43. The summed E-state index contributed by atoms with van der Waals surface area (Å²) >= 11 is 0. The van der Waals surface area contributed by atoms with E-state index in [0.717, 1.165) is 11.6 Å². The van der Waals surface area contributed by atoms with Crippen LogP contribution in [0, 0.1) is 0 Å². The summed E-state index contributed by atoms with van der Waals surface area (Å²) in [4.78, 5) is 10.6. The lowest BCUT2D eigenvalue weighted by Crippen LogP contribution is -2.11. The van der Waals surface area contributed by atoms with Gasteiger partial charge in [0.15, 0.2) is 0 Å². The molecule has 2 nitrogen and oxygen atoms in total. The molecule has 5 heteroatoms. The van der Waals surface area contributed by atoms with Gasteiger partial charge in [0.05, 0.1) is 12.2 Å². The van der Waals surface area contributed by atoms with Crippen molar-refractivity contribution in [1.82, 2.24) is 0 Å². The van der Waals surface area contributed by atoms with Crippen LogP contribution < -0.4 is 4.74 Å². The molecule has 0 saturated carbocycles. The minimum atomic E-state index is -4.55. The smallest absolute Gasteiger partial charge is 0.419 e. The molecule has 0 unspecified atom stereocenters. The molecule has 2 aromatic rings. The molecular weight excluding hydrogens is 281 g/mol. The quantitative estimate of drug-likeness (QED) is 0.775. The van der Waals surface area contributed by atoms with Crippen LogP contribution in [0.5, 0.6) is 5.75 Å². The first kappa shape index (κ1) is 15.1. The minimum Gasteiger partial charge on any atom is -0.493 e. The molecule has 0 aliphatic carbocycles. The normalized spacial score (nSPS) is 11.2. The summed E-state index contributed by atoms with van der Waals surface area (Å²) in [5, 5.41) is 0. The first-order valence-corrected chi connectivity index (χ1v) is 6.34. The van der Waals surface area contributed by atoms with Crippen molar-refractivity contribution in [3.05, 3.63) is 65.2 Å². The Bertz CT molecular complexity index is 607. The number of carbonyl (C=O) groups excluding carboxylic acids is 1. The number of rotatable bonds is 5. The van der Waals surface area contributed by atoms with Gasteiger partial charge in [0.1, 0.15) is 12.0 Å². The van der Waals surface area contributed by atoms with Gasteiger partial charge in [0.2, 0.25) is 0 Å². The van der Waals surface area contributed by atoms with Crippen molar-refractivity contribution in [2.75, 3.05) is 6.61 Å². The van der Waals surface area contributed by atoms with Crippen LogP contribution in [0.25, 0.3) is 0 Å². The van der Waals surface area contributed by atoms with E-state index in [1.54, 1.807) is 0 Å². The van der Waals surface area contributed by atoms with Crippen LogP contribution in [0.2, 0.25) is 0 Å². The predicted octanol–water partition coefficient (Wildman–Crippen LogP) is 4.14. The van der Waals surface area contributed by atoms with Gasteiger partial charge in [0.25, 0.3) is 0 Å². The Morgan fingerprint density at radius 3 is 2.38 bits per heavy atom. The third-order valence-electron chi connectivity index (χ3n) is 2.94. The largest absolute Gasteiger partial charge is 0.493 e. The molecule has 21 heavy (non-hydrogen) atoms. The van der Waals surface area contributed by atoms with E-state index in [1.807, 2.05) is 30.3 Å². The Morgan fingerprint density at radius 2 is 1.76 bits per heavy atom. The van der Waals surface area contributed by atoms with E-state index in [4.69, 9.17) is 4.74 Å². The maximum Gasteiger partial charge on any atom is 0.419 e. The molecule has 0 aliphatic heterocycles. The van der Waals surface area contributed by atoms with Crippen LogP contribution in [-0.2, 0) is 12.6 Å². The summed E-state index contributed by atoms with van der Waals surface area (Å²) in [6.45, 7) is 0.132. The molecule has 0 saturated heterocycles. The third-order valence-corrected chi connectivity index (χ3v) is 2.94. The molecule has 0 aliphatic rings. The van der Waals surface area contributed by atoms with Crippen molar-refractivity contribution in [2.45, 2.75) is 12.6 Å². The zero-order valence-electron chi connectivity index (χ0n) is 11.1. The van der Waals surface area contributed by atoms with Crippen LogP contribution in [0.3, 0.4) is 0 Å². The van der Waals surface area contributed by atoms with Crippen LogP contribution in [0.15, 0.2) is 48.5 Å². The maximum atomic E-state index is 12.9. The Hall–Kier alpha value is -2.30. The van der Waals surface area contributed by atoms with E-state index in [-0.39, 0.29) is 17.9 Å². The monoisotopic (exact) mass is 294 g/mol. The van der Waals surface area contributed by atoms with Gasteiger partial charge in [-0.3, -0.25) is 4.79 Å². The van der Waals surface area contributed by atoms with E-state index in [1.165, 1.54) is 12.1 Å². The molecule has 0 amide bonds. The van der Waals surface area contributed by atoms with Crippen LogP contribution in [-0.4, -0.2) is 12.9 Å². The fourth-order valence-electron chi connectivity index (χ4n) is 1.89. The topological polar surface area (TPSA) is 26.3 Å². The Kier molecular flexibility index (Phi) is 4.62. The van der Waals surface area contributed by atoms with Crippen molar-refractivity contribution in [3.8, 4) is 5.75 Å². The number of aldehydes is 1. The molecule has 0 aromatic heterocycles. The number of benzene rings is 2. The molecule has 0 atom stereocenters. The van der Waals surface area contributed by atoms with Gasteiger partial charge in [-0.05, 0) is 23.8 Å². The summed E-state index contributed by atoms with van der Waals surface area (Å²) in [5.41, 5.74) is 0.0217. The molecule has 0 heterocycles. The summed E-state index contributed by atoms with van der Waals surface area (Å²) in [5.74, 6) is -0.260. The highest BCUT2D eigenvalue weighted by Crippen LogP contribution is 2.36. The van der Waals surface area contributed by atoms with E-state index in [0.29, 0.717) is 12.7 Å². The fraction of sp³-hybridized carbons (Fsp3) is 0.188. The molecule has 0 N–H and O–H groups in total. The molecule has 0 radical (unpaired) electrons. The van der Waals surface area contributed by atoms with Crippen molar-refractivity contribution in [3.63, 3.8) is 0 Å². The minimum absolute atomic E-state index is 0.0299. The second-order valence-electron chi connectivity index (χ2n) is 4.46. The number of halogens is 3. The third kappa shape index (κ3) is 4.08. The van der Waals surface area contributed by atoms with Crippen LogP contribution in [0.4, 0.5) is 13.2 Å². The SMILES string of the molecule is O=Cc1ccc(OCCc2ccccc2)c(C(F)(F)F)c1. The molecule has 2 aromatic carbocycles. The Balaban J connectivity index is 2.10. The van der Waals surface area contributed by atoms with Gasteiger partial charge in [0, 0.05) is 12.0 Å². The lowest BCUT2D eigenvalue weighted by molar-refractivity contribution is -0.138. The predicted molar refractivity (Wildman–Crippen MR) is 72.5 cm³/mol. The van der Waals surface area contributed by atoms with Gasteiger partial charge in [-0.25, -0.2) is 0 Å². The van der Waals surface area contributed by atoms with Crippen molar-refractivity contribution in [1.29, 1.82) is 0 Å². The summed E-state index contributed by atoms with van der Waals surface area (Å²) in [6, 6.07) is 12.6. The fourth-order valence-corrected chi connectivity index (χ4v) is 1.89. The van der Waals surface area contributed by atoms with E-state index in [2.05, 4.69) is 0 Å². The number of ether oxygens (including phenoxy) is 1. The Labute approximate surface area is 120 Å². The first-order valence-electron chi connectivity index (χ1n) is 6.34. The highest BCUT2D eigenvalue weighted by Gasteiger charge is 2.34. The Morgan fingerprint density at radius 1 is 1.05 bits per heavy atom. The molecule has 110 valence electrons. The first-order chi connectivity index (χ1) is 10.0. The molecule has 0 spiro atoms. The lowest BCUT2D eigenvalue weighted by Gasteiger charge is -2.14. The van der Waals surface area contributed by atoms with E-state index >= 15 is 0 Å². The lowest BCUT2D eigenvalue weighted by atomic mass is 10.1. The number of alkyl halides is 3.